The van der Waals surface area contributed by atoms with Gasteiger partial charge in [0.25, 0.3) is 5.56 Å². The minimum Gasteiger partial charge on any atom is -0.387 e. The van der Waals surface area contributed by atoms with Crippen molar-refractivity contribution in [2.75, 3.05) is 6.61 Å². The van der Waals surface area contributed by atoms with E-state index in [4.69, 9.17) is 19.4 Å². The Morgan fingerprint density at radius 3 is 2.22 bits per heavy atom. The van der Waals surface area contributed by atoms with Gasteiger partial charge in [0, 0.05) is 12.2 Å². The highest BCUT2D eigenvalue weighted by Crippen LogP contribution is 2.66. The maximum Gasteiger partial charge on any atom is 0.490 e. The molecule has 1 aromatic heterocycles. The molecule has 1 aromatic rings. The zero-order valence-corrected chi connectivity index (χ0v) is 18.4. The lowest BCUT2D eigenvalue weighted by Crippen LogP contribution is -2.36. The molecule has 17 nitrogen and oxygen atoms in total. The summed E-state index contributed by atoms with van der Waals surface area (Å²) in [6.07, 6.45) is -3.95. The van der Waals surface area contributed by atoms with Crippen LogP contribution in [0.15, 0.2) is 15.8 Å². The molecule has 1 saturated heterocycles. The number of ether oxygens (including phenoxy) is 1. The van der Waals surface area contributed by atoms with Gasteiger partial charge in [0.05, 0.1) is 12.2 Å². The van der Waals surface area contributed by atoms with Crippen LogP contribution in [0.2, 0.25) is 0 Å². The fourth-order valence-corrected chi connectivity index (χ4v) is 5.97. The Hall–Kier alpha value is -1.03. The van der Waals surface area contributed by atoms with E-state index in [1.807, 2.05) is 0 Å². The third-order valence-corrected chi connectivity index (χ3v) is 8.23. The number of aromatic nitrogens is 2. The van der Waals surface area contributed by atoms with Gasteiger partial charge in [-0.1, -0.05) is 0 Å². The van der Waals surface area contributed by atoms with Gasteiger partial charge in [-0.3, -0.25) is 18.9 Å². The zero-order chi connectivity index (χ0) is 24.1. The summed E-state index contributed by atoms with van der Waals surface area (Å²) < 4.78 is 51.7. The van der Waals surface area contributed by atoms with Crippen LogP contribution < -0.4 is 11.2 Å². The fourth-order valence-electron chi connectivity index (χ4n) is 2.94. The van der Waals surface area contributed by atoms with Crippen LogP contribution in [0, 0.1) is 0 Å². The van der Waals surface area contributed by atoms with Crippen LogP contribution in [0.3, 0.4) is 0 Å². The Morgan fingerprint density at radius 2 is 1.66 bits per heavy atom. The number of hydrogen-bond donors (Lipinski definition) is 7. The molecule has 1 aliphatic carbocycles. The van der Waals surface area contributed by atoms with Crippen LogP contribution in [0.4, 0.5) is 0 Å². The number of H-pyrrole nitrogens is 1. The molecule has 0 amide bonds. The van der Waals surface area contributed by atoms with Crippen LogP contribution in [0.1, 0.15) is 30.6 Å². The van der Waals surface area contributed by atoms with Crippen molar-refractivity contribution in [2.24, 2.45) is 0 Å². The van der Waals surface area contributed by atoms with E-state index in [1.165, 1.54) is 10.8 Å². The highest BCUT2D eigenvalue weighted by Gasteiger charge is 2.47. The van der Waals surface area contributed by atoms with Crippen molar-refractivity contribution in [3.8, 4) is 0 Å². The average Bonchev–Trinajstić information content (AvgIpc) is 3.39. The quantitative estimate of drug-likeness (QED) is 0.179. The molecular weight excluding hydrogens is 505 g/mol. The number of rotatable bonds is 9. The van der Waals surface area contributed by atoms with Gasteiger partial charge in [-0.25, -0.2) is 18.5 Å². The summed E-state index contributed by atoms with van der Waals surface area (Å²) in [5.74, 6) is 0. The minimum absolute atomic E-state index is 0.136. The van der Waals surface area contributed by atoms with Crippen molar-refractivity contribution in [2.45, 2.75) is 43.3 Å². The van der Waals surface area contributed by atoms with Gasteiger partial charge in [0.15, 0.2) is 0 Å². The summed E-state index contributed by atoms with van der Waals surface area (Å²) in [4.78, 5) is 61.6. The molecule has 0 bridgehead atoms. The van der Waals surface area contributed by atoms with Gasteiger partial charge < -0.3 is 34.5 Å². The lowest BCUT2D eigenvalue weighted by atomic mass is 10.0. The average molecular weight is 524 g/mol. The zero-order valence-electron chi connectivity index (χ0n) is 15.7. The number of phosphoric acid groups is 3. The van der Waals surface area contributed by atoms with Crippen LogP contribution in [-0.4, -0.2) is 64.3 Å². The Kier molecular flexibility index (Phi) is 7.17. The second kappa shape index (κ2) is 8.96. The van der Waals surface area contributed by atoms with Crippen molar-refractivity contribution in [3.05, 3.63) is 32.6 Å². The first-order chi connectivity index (χ1) is 14.6. The van der Waals surface area contributed by atoms with Crippen molar-refractivity contribution in [1.82, 2.24) is 9.55 Å². The lowest BCUT2D eigenvalue weighted by molar-refractivity contribution is -0.0228. The number of nitrogens with zero attached hydrogens (tertiary/aromatic N) is 1. The molecule has 0 spiro atoms. The third kappa shape index (κ3) is 6.30. The Balaban J connectivity index is 1.70. The van der Waals surface area contributed by atoms with Gasteiger partial charge in [-0.15, -0.1) is 0 Å². The van der Waals surface area contributed by atoms with Crippen molar-refractivity contribution < 1.29 is 61.4 Å². The van der Waals surface area contributed by atoms with Crippen molar-refractivity contribution in [1.29, 1.82) is 0 Å². The molecule has 6 atom stereocenters. The molecule has 0 aromatic carbocycles. The van der Waals surface area contributed by atoms with E-state index in [0.29, 0.717) is 12.8 Å². The molecule has 2 aliphatic rings. The molecule has 1 saturated carbocycles. The molecule has 2 unspecified atom stereocenters. The maximum absolute atomic E-state index is 12.2. The number of aliphatic hydroxyl groups excluding tert-OH is 2. The molecule has 0 radical (unpaired) electrons. The fraction of sp³-hybridized carbons (Fsp3) is 0.667. The number of aromatic amines is 1. The topological polar surface area (TPSA) is 264 Å². The highest BCUT2D eigenvalue weighted by molar-refractivity contribution is 7.66. The summed E-state index contributed by atoms with van der Waals surface area (Å²) in [5, 5.41) is 20.4. The molecule has 20 heteroatoms. The smallest absolute Gasteiger partial charge is 0.387 e. The van der Waals surface area contributed by atoms with Gasteiger partial charge in [-0.2, -0.15) is 8.62 Å². The number of hydrogen-bond acceptors (Lipinski definition) is 11. The summed E-state index contributed by atoms with van der Waals surface area (Å²) in [7, 11) is -16.8. The monoisotopic (exact) mass is 524 g/mol. The summed E-state index contributed by atoms with van der Waals surface area (Å²) in [5.41, 5.74) is -1.76. The van der Waals surface area contributed by atoms with Gasteiger partial charge in [0.1, 0.15) is 24.4 Å². The van der Waals surface area contributed by atoms with Crippen LogP contribution in [0.5, 0.6) is 0 Å². The Morgan fingerprint density at radius 1 is 1.03 bits per heavy atom. The molecule has 3 rings (SSSR count). The van der Waals surface area contributed by atoms with Crippen molar-refractivity contribution in [3.63, 3.8) is 0 Å². The SMILES string of the molecule is O=c1[nH]c(=O)n(C2CC2)cc1[C@@H]1O[C@H](COP(=O)(O)OP(=O)(O)OP(=O)(O)O)[C@@H](O)[C@H]1O. The first-order valence-electron chi connectivity index (χ1n) is 8.74. The normalized spacial score (nSPS) is 30.1. The predicted octanol–water partition coefficient (Wildman–Crippen LogP) is -1.62. The van der Waals surface area contributed by atoms with Crippen LogP contribution >= 0.6 is 23.5 Å². The summed E-state index contributed by atoms with van der Waals surface area (Å²) >= 11 is 0. The van der Waals surface area contributed by atoms with Crippen LogP contribution in [0.25, 0.3) is 0 Å². The highest BCUT2D eigenvalue weighted by atomic mass is 31.3. The number of nitrogens with one attached hydrogen (secondary N) is 1. The van der Waals surface area contributed by atoms with Gasteiger partial charge >= 0.3 is 29.2 Å². The predicted molar refractivity (Wildman–Crippen MR) is 99.0 cm³/mol. The molecule has 1 aliphatic heterocycles. The Bertz CT molecular complexity index is 1120. The molecule has 32 heavy (non-hydrogen) atoms. The number of phosphoric ester groups is 1. The standard InChI is InChI=1S/C12H19N2O15P3/c15-8-7(4-26-31(22,23)29-32(24,25)28-30(19,20)21)27-10(9(8)16)6-3-14(5-1-2-5)12(18)13-11(6)17/h3,5,7-10,15-16H,1-2,4H2,(H,22,23)(H,24,25)(H,13,17,18)(H2,19,20,21)/t7-,8-,9-,10+/m1/s1. The van der Waals surface area contributed by atoms with E-state index in [-0.39, 0.29) is 11.6 Å². The van der Waals surface area contributed by atoms with Crippen molar-refractivity contribution >= 4 is 23.5 Å². The van der Waals surface area contributed by atoms with E-state index in [0.717, 1.165) is 0 Å². The second-order valence-electron chi connectivity index (χ2n) is 6.95. The van der Waals surface area contributed by atoms with Gasteiger partial charge in [0.2, 0.25) is 0 Å². The second-order valence-corrected chi connectivity index (χ2v) is 11.4. The van der Waals surface area contributed by atoms with E-state index < -0.39 is 65.7 Å². The van der Waals surface area contributed by atoms with Gasteiger partial charge in [-0.05, 0) is 12.8 Å². The Labute approximate surface area is 177 Å². The maximum atomic E-state index is 12.2. The first kappa shape index (κ1) is 25.6. The molecule has 7 N–H and O–H groups in total. The molecule has 182 valence electrons. The van der Waals surface area contributed by atoms with E-state index in [2.05, 4.69) is 18.1 Å². The third-order valence-electron chi connectivity index (χ3n) is 4.42. The van der Waals surface area contributed by atoms with Crippen LogP contribution in [-0.2, 0) is 31.6 Å². The lowest BCUT2D eigenvalue weighted by Gasteiger charge is -2.19. The van der Waals surface area contributed by atoms with E-state index in [9.17, 15) is 38.4 Å². The summed E-state index contributed by atoms with van der Waals surface area (Å²) in [6.45, 7) is -1.03. The molecule has 2 heterocycles. The van der Waals surface area contributed by atoms with E-state index in [1.54, 1.807) is 0 Å². The minimum atomic E-state index is -5.74. The number of aliphatic hydroxyl groups is 2. The first-order valence-corrected chi connectivity index (χ1v) is 13.3. The van der Waals surface area contributed by atoms with E-state index >= 15 is 0 Å². The largest absolute Gasteiger partial charge is 0.490 e. The molecular formula is C12H19N2O15P3. The molecule has 2 fully saturated rings. The summed E-state index contributed by atoms with van der Waals surface area (Å²) in [6, 6.07) is -0.136.